The van der Waals surface area contributed by atoms with Gasteiger partial charge in [0.25, 0.3) is 5.92 Å². The second-order valence-corrected chi connectivity index (χ2v) is 12.5. The van der Waals surface area contributed by atoms with Crippen molar-refractivity contribution in [3.8, 4) is 0 Å². The molecule has 0 heterocycles. The largest absolute Gasteiger partial charge is 0.462 e. The Morgan fingerprint density at radius 2 is 1.28 bits per heavy atom. The van der Waals surface area contributed by atoms with Crippen LogP contribution in [0.1, 0.15) is 49.8 Å². The van der Waals surface area contributed by atoms with Crippen molar-refractivity contribution < 1.29 is 41.4 Å². The zero-order chi connectivity index (χ0) is 35.0. The van der Waals surface area contributed by atoms with Crippen molar-refractivity contribution in [2.45, 2.75) is 39.0 Å². The number of hydrogen-bond donors (Lipinski definition) is 1. The third-order valence-electron chi connectivity index (χ3n) is 5.94. The van der Waals surface area contributed by atoms with E-state index in [9.17, 15) is 31.5 Å². The smallest absolute Gasteiger partial charge is 0.302 e. The van der Waals surface area contributed by atoms with Crippen LogP contribution in [0.15, 0.2) is 80.2 Å². The number of benzene rings is 3. The lowest BCUT2D eigenvalue weighted by molar-refractivity contribution is -0.139. The van der Waals surface area contributed by atoms with E-state index in [1.54, 1.807) is 61.6 Å². The van der Waals surface area contributed by atoms with E-state index >= 15 is 0 Å². The van der Waals surface area contributed by atoms with Crippen LogP contribution in [-0.2, 0) is 14.3 Å². The monoisotopic (exact) mass is 858 g/mol. The highest BCUT2D eigenvalue weighted by Gasteiger charge is 2.67. The maximum absolute atomic E-state index is 13.2. The molecular weight excluding hydrogens is 831 g/mol. The molecule has 250 valence electrons. The van der Waals surface area contributed by atoms with Gasteiger partial charge in [0, 0.05) is 19.8 Å². The summed E-state index contributed by atoms with van der Waals surface area (Å²) in [5.74, 6) is -5.51. The molecule has 2 atom stereocenters. The molecule has 1 aliphatic carbocycles. The fraction of sp³-hybridized carbons (Fsp3) is 0.273. The van der Waals surface area contributed by atoms with Crippen molar-refractivity contribution in [1.29, 1.82) is 0 Å². The molecule has 0 aliphatic heterocycles. The first kappa shape index (κ1) is 41.6. The fourth-order valence-electron chi connectivity index (χ4n) is 3.83. The van der Waals surface area contributed by atoms with Crippen molar-refractivity contribution in [2.24, 2.45) is 5.92 Å². The van der Waals surface area contributed by atoms with Gasteiger partial charge in [-0.05, 0) is 125 Å². The van der Waals surface area contributed by atoms with Crippen molar-refractivity contribution >= 4 is 82.8 Å². The van der Waals surface area contributed by atoms with Crippen LogP contribution in [0.4, 0.5) is 22.0 Å². The van der Waals surface area contributed by atoms with E-state index in [1.807, 2.05) is 0 Å². The number of aliphatic hydroxyl groups is 1. The number of alkyl halides is 2. The zero-order valence-corrected chi connectivity index (χ0v) is 30.4. The van der Waals surface area contributed by atoms with Gasteiger partial charge in [0.2, 0.25) is 5.24 Å². The summed E-state index contributed by atoms with van der Waals surface area (Å²) in [6.07, 6.45) is 7.00. The van der Waals surface area contributed by atoms with Crippen LogP contribution >= 0.6 is 59.4 Å². The predicted molar refractivity (Wildman–Crippen MR) is 182 cm³/mol. The fourth-order valence-corrected chi connectivity index (χ4v) is 4.57. The minimum atomic E-state index is -2.66. The maximum Gasteiger partial charge on any atom is 0.302 e. The van der Waals surface area contributed by atoms with Gasteiger partial charge in [0.05, 0.1) is 25.9 Å². The van der Waals surface area contributed by atoms with Gasteiger partial charge in [-0.25, -0.2) is 22.0 Å². The van der Waals surface area contributed by atoms with Crippen molar-refractivity contribution in [3.63, 3.8) is 0 Å². The molecule has 0 radical (unpaired) electrons. The third kappa shape index (κ3) is 15.0. The van der Waals surface area contributed by atoms with Crippen LogP contribution in [-0.4, -0.2) is 35.5 Å². The summed E-state index contributed by atoms with van der Waals surface area (Å²) in [6, 6.07) is 13.8. The molecule has 0 spiro atoms. The molecule has 46 heavy (non-hydrogen) atoms. The SMILES string of the molecule is CC(=O)Cl.CC(=O)OC/C=C/c1ccc(Br)c(F)c1.CC[C@H]1C(c2ccc(Br)c(F)c2)C1(F)F.OC/C=C/c1ccc(Br)c(F)c1. The highest BCUT2D eigenvalue weighted by atomic mass is 79.9. The summed E-state index contributed by atoms with van der Waals surface area (Å²) in [6.45, 7) is 4.53. The van der Waals surface area contributed by atoms with Gasteiger partial charge >= 0.3 is 5.97 Å². The Morgan fingerprint density at radius 3 is 1.65 bits per heavy atom. The summed E-state index contributed by atoms with van der Waals surface area (Å²) in [7, 11) is 0. The number of carbonyl (C=O) groups is 2. The van der Waals surface area contributed by atoms with Gasteiger partial charge in [-0.15, -0.1) is 0 Å². The number of aliphatic hydroxyl groups excluding tert-OH is 1. The van der Waals surface area contributed by atoms with Gasteiger partial charge < -0.3 is 9.84 Å². The highest BCUT2D eigenvalue weighted by Crippen LogP contribution is 2.63. The average molecular weight is 862 g/mol. The first-order valence-corrected chi connectivity index (χ1v) is 16.3. The Bertz CT molecular complexity index is 1510. The van der Waals surface area contributed by atoms with Gasteiger partial charge in [-0.1, -0.05) is 43.4 Å². The van der Waals surface area contributed by atoms with Crippen LogP contribution in [0.3, 0.4) is 0 Å². The molecule has 1 unspecified atom stereocenters. The molecule has 0 bridgehead atoms. The summed E-state index contributed by atoms with van der Waals surface area (Å²) in [4.78, 5) is 19.6. The van der Waals surface area contributed by atoms with Crippen LogP contribution < -0.4 is 0 Å². The molecule has 0 saturated heterocycles. The van der Waals surface area contributed by atoms with Crippen LogP contribution in [0.25, 0.3) is 12.2 Å². The van der Waals surface area contributed by atoms with Crippen LogP contribution in [0, 0.1) is 23.4 Å². The quantitative estimate of drug-likeness (QED) is 0.146. The second-order valence-electron chi connectivity index (χ2n) is 9.45. The minimum absolute atomic E-state index is 0.0301. The highest BCUT2D eigenvalue weighted by molar-refractivity contribution is 9.11. The predicted octanol–water partition coefficient (Wildman–Crippen LogP) is 10.9. The van der Waals surface area contributed by atoms with E-state index in [-0.39, 0.29) is 36.1 Å². The number of rotatable bonds is 7. The van der Waals surface area contributed by atoms with Crippen LogP contribution in [0.5, 0.6) is 0 Å². The lowest BCUT2D eigenvalue weighted by atomic mass is 10.1. The Kier molecular flexibility index (Phi) is 18.8. The topological polar surface area (TPSA) is 63.6 Å². The van der Waals surface area contributed by atoms with E-state index in [4.69, 9.17) is 5.11 Å². The molecule has 1 aliphatic rings. The molecule has 3 aromatic carbocycles. The van der Waals surface area contributed by atoms with Crippen molar-refractivity contribution in [1.82, 2.24) is 0 Å². The third-order valence-corrected chi connectivity index (χ3v) is 7.87. The summed E-state index contributed by atoms with van der Waals surface area (Å²) < 4.78 is 71.4. The van der Waals surface area contributed by atoms with E-state index in [0.717, 1.165) is 11.1 Å². The Morgan fingerprint density at radius 1 is 0.848 bits per heavy atom. The van der Waals surface area contributed by atoms with E-state index in [0.29, 0.717) is 25.4 Å². The number of hydrogen-bond acceptors (Lipinski definition) is 4. The first-order chi connectivity index (χ1) is 21.5. The molecule has 13 heteroatoms. The molecule has 1 fully saturated rings. The number of esters is 1. The number of halogens is 9. The zero-order valence-electron chi connectivity index (χ0n) is 24.9. The molecular formula is C33H31Br3ClF5O4. The Balaban J connectivity index is 0.000000328. The van der Waals surface area contributed by atoms with Crippen molar-refractivity contribution in [2.75, 3.05) is 13.2 Å². The second kappa shape index (κ2) is 20.8. The van der Waals surface area contributed by atoms with E-state index in [1.165, 1.54) is 38.1 Å². The standard InChI is InChI=1S/C11H10BrF3.C11H10BrFO2.C9H8BrFO.C2H3ClO/c1-2-7-10(11(7,14)15)6-3-4-8(12)9(13)5-6;1-8(14)15-6-2-3-9-4-5-10(12)11(13)7-9;10-8-4-3-7(2-1-5-12)6-9(8)11;1-2(3)4/h3-5,7,10H,2H2,1H3;2-5,7H,6H2,1H3;1-4,6,12H,5H2;1H3/b;3-2+;2-1+;/t7-,10?;;;/m0.../s1. The number of carbonyl (C=O) groups excluding carboxylic acids is 2. The molecule has 4 rings (SSSR count). The van der Waals surface area contributed by atoms with Gasteiger partial charge in [-0.3, -0.25) is 9.59 Å². The van der Waals surface area contributed by atoms with E-state index in [2.05, 4.69) is 64.1 Å². The summed E-state index contributed by atoms with van der Waals surface area (Å²) >= 11 is 13.7. The average Bonchev–Trinajstić information content (AvgIpc) is 3.55. The lowest BCUT2D eigenvalue weighted by Gasteiger charge is -2.00. The molecule has 3 aromatic rings. The maximum atomic E-state index is 13.2. The Labute approximate surface area is 295 Å². The Hall–Kier alpha value is -2.38. The normalized spacial score (nSPS) is 15.9. The molecule has 0 amide bonds. The molecule has 0 aromatic heterocycles. The first-order valence-electron chi connectivity index (χ1n) is 13.5. The van der Waals surface area contributed by atoms with Gasteiger partial charge in [0.15, 0.2) is 0 Å². The van der Waals surface area contributed by atoms with Gasteiger partial charge in [-0.2, -0.15) is 0 Å². The van der Waals surface area contributed by atoms with Crippen molar-refractivity contribution in [3.05, 3.63) is 114 Å². The molecule has 1 N–H and O–H groups in total. The summed E-state index contributed by atoms with van der Waals surface area (Å²) in [5, 5.41) is 8.10. The van der Waals surface area contributed by atoms with Crippen LogP contribution in [0.2, 0.25) is 0 Å². The van der Waals surface area contributed by atoms with Gasteiger partial charge in [0.1, 0.15) is 24.1 Å². The lowest BCUT2D eigenvalue weighted by Crippen LogP contribution is -1.97. The number of ether oxygens (including phenoxy) is 1. The van der Waals surface area contributed by atoms with E-state index < -0.39 is 23.6 Å². The molecule has 4 nitrogen and oxygen atoms in total. The molecule has 1 saturated carbocycles. The summed E-state index contributed by atoms with van der Waals surface area (Å²) in [5.41, 5.74) is 1.86. The minimum Gasteiger partial charge on any atom is -0.462 e.